The Bertz CT molecular complexity index is 705. The molecule has 2 aromatic heterocycles. The smallest absolute Gasteiger partial charge is 0.257 e. The summed E-state index contributed by atoms with van der Waals surface area (Å²) in [6.45, 7) is 2.54. The van der Waals surface area contributed by atoms with E-state index in [1.807, 2.05) is 20.0 Å². The van der Waals surface area contributed by atoms with Crippen LogP contribution in [0, 0.1) is 6.92 Å². The molecule has 0 aromatic carbocycles. The van der Waals surface area contributed by atoms with Gasteiger partial charge in [-0.05, 0) is 25.8 Å². The summed E-state index contributed by atoms with van der Waals surface area (Å²) in [7, 11) is 5.22. The molecule has 0 spiro atoms. The first-order valence-corrected chi connectivity index (χ1v) is 7.95. The third-order valence-corrected chi connectivity index (χ3v) is 3.95. The molecule has 130 valence electrons. The molecule has 2 amide bonds. The van der Waals surface area contributed by atoms with Crippen molar-refractivity contribution in [2.24, 2.45) is 7.05 Å². The Morgan fingerprint density at radius 3 is 2.75 bits per heavy atom. The lowest BCUT2D eigenvalue weighted by atomic mass is 10.2. The molecule has 7 nitrogen and oxygen atoms in total. The van der Waals surface area contributed by atoms with Gasteiger partial charge in [-0.3, -0.25) is 9.59 Å². The Labute approximate surface area is 141 Å². The average Bonchev–Trinajstić information content (AvgIpc) is 3.15. The van der Waals surface area contributed by atoms with Gasteiger partial charge in [-0.1, -0.05) is 5.16 Å². The summed E-state index contributed by atoms with van der Waals surface area (Å²) >= 11 is 0. The molecular formula is C17H24N4O3. The van der Waals surface area contributed by atoms with Crippen LogP contribution >= 0.6 is 0 Å². The van der Waals surface area contributed by atoms with Gasteiger partial charge in [0.1, 0.15) is 11.6 Å². The summed E-state index contributed by atoms with van der Waals surface area (Å²) < 4.78 is 6.94. The van der Waals surface area contributed by atoms with Crippen molar-refractivity contribution in [2.45, 2.75) is 26.2 Å². The van der Waals surface area contributed by atoms with Gasteiger partial charge < -0.3 is 18.9 Å². The van der Waals surface area contributed by atoms with Crippen LogP contribution < -0.4 is 4.90 Å². The number of hydrogen-bond acceptors (Lipinski definition) is 4. The topological polar surface area (TPSA) is 71.6 Å². The summed E-state index contributed by atoms with van der Waals surface area (Å²) in [6.07, 6.45) is 5.08. The molecule has 0 bridgehead atoms. The van der Waals surface area contributed by atoms with Crippen LogP contribution in [0.2, 0.25) is 0 Å². The monoisotopic (exact) mass is 332 g/mol. The lowest BCUT2D eigenvalue weighted by Crippen LogP contribution is -2.29. The van der Waals surface area contributed by atoms with Crippen molar-refractivity contribution in [3.05, 3.63) is 35.3 Å². The minimum absolute atomic E-state index is 0.0881. The van der Waals surface area contributed by atoms with E-state index in [0.29, 0.717) is 24.3 Å². The van der Waals surface area contributed by atoms with E-state index in [-0.39, 0.29) is 5.91 Å². The molecular weight excluding hydrogens is 308 g/mol. The first kappa shape index (κ1) is 17.8. The second kappa shape index (κ2) is 7.81. The number of aromatic nitrogens is 2. The Morgan fingerprint density at radius 1 is 1.38 bits per heavy atom. The number of amides is 2. The maximum absolute atomic E-state index is 12.6. The summed E-state index contributed by atoms with van der Waals surface area (Å²) in [5, 5.41) is 3.86. The molecule has 0 radical (unpaired) electrons. The summed E-state index contributed by atoms with van der Waals surface area (Å²) in [5.74, 6) is 1.38. The Hall–Kier alpha value is -2.57. The summed E-state index contributed by atoms with van der Waals surface area (Å²) in [5.41, 5.74) is 1.41. The molecule has 2 rings (SSSR count). The van der Waals surface area contributed by atoms with Crippen molar-refractivity contribution < 1.29 is 14.1 Å². The maximum Gasteiger partial charge on any atom is 0.257 e. The molecule has 0 saturated heterocycles. The van der Waals surface area contributed by atoms with Crippen molar-refractivity contribution in [2.75, 3.05) is 25.5 Å². The molecule has 7 heteroatoms. The van der Waals surface area contributed by atoms with Gasteiger partial charge in [0.25, 0.3) is 5.91 Å². The van der Waals surface area contributed by atoms with Crippen molar-refractivity contribution >= 4 is 18.1 Å². The van der Waals surface area contributed by atoms with Gasteiger partial charge in [-0.25, -0.2) is 0 Å². The minimum Gasteiger partial charge on any atom is -0.361 e. The van der Waals surface area contributed by atoms with Gasteiger partial charge in [-0.15, -0.1) is 0 Å². The number of anilines is 1. The third-order valence-electron chi connectivity index (χ3n) is 3.95. The van der Waals surface area contributed by atoms with Gasteiger partial charge in [0.05, 0.1) is 11.3 Å². The van der Waals surface area contributed by atoms with Crippen LogP contribution in [-0.2, 0) is 18.3 Å². The maximum atomic E-state index is 12.6. The predicted octanol–water partition coefficient (Wildman–Crippen LogP) is 2.01. The van der Waals surface area contributed by atoms with E-state index in [1.54, 1.807) is 35.8 Å². The predicted molar refractivity (Wildman–Crippen MR) is 91.0 cm³/mol. The lowest BCUT2D eigenvalue weighted by molar-refractivity contribution is -0.107. The van der Waals surface area contributed by atoms with E-state index in [9.17, 15) is 9.59 Å². The molecule has 2 heterocycles. The first-order chi connectivity index (χ1) is 11.4. The average molecular weight is 332 g/mol. The Kier molecular flexibility index (Phi) is 5.78. The molecule has 0 aliphatic carbocycles. The number of carbonyl (C=O) groups excluding carboxylic acids is 2. The first-order valence-electron chi connectivity index (χ1n) is 7.95. The van der Waals surface area contributed by atoms with Crippen LogP contribution in [-0.4, -0.2) is 47.6 Å². The van der Waals surface area contributed by atoms with Crippen LogP contribution in [0.4, 0.5) is 5.82 Å². The number of nitrogens with zero attached hydrogens (tertiary/aromatic N) is 4. The highest BCUT2D eigenvalue weighted by Crippen LogP contribution is 2.21. The van der Waals surface area contributed by atoms with Gasteiger partial charge in [0, 0.05) is 46.4 Å². The molecule has 0 aliphatic rings. The third kappa shape index (κ3) is 4.04. The van der Waals surface area contributed by atoms with Crippen molar-refractivity contribution in [1.82, 2.24) is 14.6 Å². The zero-order valence-corrected chi connectivity index (χ0v) is 14.7. The fourth-order valence-electron chi connectivity index (χ4n) is 2.67. The largest absolute Gasteiger partial charge is 0.361 e. The highest BCUT2D eigenvalue weighted by atomic mass is 16.5. The highest BCUT2D eigenvalue weighted by molar-refractivity contribution is 6.01. The fraction of sp³-hybridized carbons (Fsp3) is 0.471. The van der Waals surface area contributed by atoms with Crippen LogP contribution in [0.1, 0.15) is 34.7 Å². The number of aryl methyl sites for hydroxylation is 3. The fourth-order valence-corrected chi connectivity index (χ4v) is 2.67. The van der Waals surface area contributed by atoms with E-state index < -0.39 is 0 Å². The second-order valence-electron chi connectivity index (χ2n) is 6.00. The van der Waals surface area contributed by atoms with E-state index in [2.05, 4.69) is 5.16 Å². The van der Waals surface area contributed by atoms with E-state index in [1.165, 1.54) is 4.90 Å². The van der Waals surface area contributed by atoms with Gasteiger partial charge >= 0.3 is 0 Å². The van der Waals surface area contributed by atoms with E-state index in [0.717, 1.165) is 30.7 Å². The molecule has 0 unspecified atom stereocenters. The van der Waals surface area contributed by atoms with E-state index in [4.69, 9.17) is 4.52 Å². The Morgan fingerprint density at radius 2 is 2.12 bits per heavy atom. The SMILES string of the molecule is Cc1cc(CCCCN(C)C(=O)c2ccn(C)c2N(C)C=O)on1. The number of carbonyl (C=O) groups is 2. The number of rotatable bonds is 8. The molecule has 0 atom stereocenters. The van der Waals surface area contributed by atoms with Crippen LogP contribution in [0.15, 0.2) is 22.9 Å². The molecule has 0 N–H and O–H groups in total. The number of hydrogen-bond donors (Lipinski definition) is 0. The molecule has 24 heavy (non-hydrogen) atoms. The van der Waals surface area contributed by atoms with Crippen molar-refractivity contribution in [3.63, 3.8) is 0 Å². The quantitative estimate of drug-likeness (QED) is 0.547. The van der Waals surface area contributed by atoms with Gasteiger partial charge in [0.2, 0.25) is 6.41 Å². The van der Waals surface area contributed by atoms with Crippen LogP contribution in [0.3, 0.4) is 0 Å². The highest BCUT2D eigenvalue weighted by Gasteiger charge is 2.20. The van der Waals surface area contributed by atoms with Crippen molar-refractivity contribution in [1.29, 1.82) is 0 Å². The van der Waals surface area contributed by atoms with Gasteiger partial charge in [-0.2, -0.15) is 0 Å². The zero-order chi connectivity index (χ0) is 17.7. The zero-order valence-electron chi connectivity index (χ0n) is 14.7. The molecule has 0 saturated carbocycles. The number of unbranched alkanes of at least 4 members (excludes halogenated alkanes) is 1. The minimum atomic E-state index is -0.0881. The summed E-state index contributed by atoms with van der Waals surface area (Å²) in [4.78, 5) is 26.7. The summed E-state index contributed by atoms with van der Waals surface area (Å²) in [6, 6.07) is 3.67. The van der Waals surface area contributed by atoms with E-state index >= 15 is 0 Å². The van der Waals surface area contributed by atoms with Gasteiger partial charge in [0.15, 0.2) is 0 Å². The Balaban J connectivity index is 1.89. The lowest BCUT2D eigenvalue weighted by Gasteiger charge is -2.20. The van der Waals surface area contributed by atoms with Crippen LogP contribution in [0.25, 0.3) is 0 Å². The second-order valence-corrected chi connectivity index (χ2v) is 6.00. The molecule has 0 aliphatic heterocycles. The molecule has 0 fully saturated rings. The van der Waals surface area contributed by atoms with Crippen molar-refractivity contribution in [3.8, 4) is 0 Å². The van der Waals surface area contributed by atoms with Crippen LogP contribution in [0.5, 0.6) is 0 Å². The molecule has 2 aromatic rings. The normalized spacial score (nSPS) is 10.7. The standard InChI is InChI=1S/C17H24N4O3/c1-13-11-14(24-18-13)7-5-6-9-20(3)17(23)15-8-10-19(2)16(15)21(4)12-22/h8,10-12H,5-7,9H2,1-4H3.